The summed E-state index contributed by atoms with van der Waals surface area (Å²) in [5.74, 6) is 0. The van der Waals surface area contributed by atoms with Crippen LogP contribution in [0.25, 0.3) is 0 Å². The molecular weight excluding hydrogens is 174 g/mol. The summed E-state index contributed by atoms with van der Waals surface area (Å²) < 4.78 is 0. The second-order valence-electron chi connectivity index (χ2n) is 4.13. The van der Waals surface area contributed by atoms with Crippen LogP contribution in [0.1, 0.15) is 24.5 Å². The summed E-state index contributed by atoms with van der Waals surface area (Å²) in [4.78, 5) is 0. The minimum Gasteiger partial charge on any atom is -0.395 e. The lowest BCUT2D eigenvalue weighted by atomic mass is 9.80. The SMILES string of the molecule is Cc1cccc(C(C)(CO)CCN)c1. The van der Waals surface area contributed by atoms with E-state index in [9.17, 15) is 5.11 Å². The number of benzene rings is 1. The van der Waals surface area contributed by atoms with Crippen molar-refractivity contribution in [1.82, 2.24) is 0 Å². The van der Waals surface area contributed by atoms with Crippen LogP contribution < -0.4 is 5.73 Å². The number of nitrogens with two attached hydrogens (primary N) is 1. The maximum atomic E-state index is 9.41. The lowest BCUT2D eigenvalue weighted by Gasteiger charge is -2.27. The van der Waals surface area contributed by atoms with Gasteiger partial charge in [0, 0.05) is 5.41 Å². The number of rotatable bonds is 4. The van der Waals surface area contributed by atoms with Gasteiger partial charge in [-0.05, 0) is 25.5 Å². The Bertz CT molecular complexity index is 298. The van der Waals surface area contributed by atoms with Crippen LogP contribution >= 0.6 is 0 Å². The lowest BCUT2D eigenvalue weighted by molar-refractivity contribution is 0.199. The van der Waals surface area contributed by atoms with E-state index < -0.39 is 0 Å². The van der Waals surface area contributed by atoms with Gasteiger partial charge in [0.2, 0.25) is 0 Å². The summed E-state index contributed by atoms with van der Waals surface area (Å²) in [5.41, 5.74) is 7.75. The predicted molar refractivity (Wildman–Crippen MR) is 59.3 cm³/mol. The third-order valence-electron chi connectivity index (χ3n) is 2.76. The summed E-state index contributed by atoms with van der Waals surface area (Å²) >= 11 is 0. The Morgan fingerprint density at radius 1 is 1.43 bits per heavy atom. The molecule has 0 aliphatic heterocycles. The van der Waals surface area contributed by atoms with Crippen LogP contribution in [0.3, 0.4) is 0 Å². The molecular formula is C12H19NO. The second-order valence-corrected chi connectivity index (χ2v) is 4.13. The highest BCUT2D eigenvalue weighted by Gasteiger charge is 2.24. The molecule has 1 atom stereocenters. The second kappa shape index (κ2) is 4.58. The van der Waals surface area contributed by atoms with Crippen LogP contribution in [-0.2, 0) is 5.41 Å². The van der Waals surface area contributed by atoms with Crippen molar-refractivity contribution in [3.05, 3.63) is 35.4 Å². The zero-order valence-corrected chi connectivity index (χ0v) is 8.96. The summed E-state index contributed by atoms with van der Waals surface area (Å²) in [6, 6.07) is 8.25. The molecule has 0 saturated heterocycles. The van der Waals surface area contributed by atoms with Gasteiger partial charge in [-0.2, -0.15) is 0 Å². The highest BCUT2D eigenvalue weighted by Crippen LogP contribution is 2.26. The minimum absolute atomic E-state index is 0.146. The predicted octanol–water partition coefficient (Wildman–Crippen LogP) is 1.59. The van der Waals surface area contributed by atoms with Crippen molar-refractivity contribution in [2.75, 3.05) is 13.2 Å². The highest BCUT2D eigenvalue weighted by molar-refractivity contribution is 5.29. The summed E-state index contributed by atoms with van der Waals surface area (Å²) in [7, 11) is 0. The van der Waals surface area contributed by atoms with Crippen LogP contribution in [-0.4, -0.2) is 18.3 Å². The molecule has 0 aliphatic rings. The Hall–Kier alpha value is -0.860. The molecule has 1 aromatic carbocycles. The van der Waals surface area contributed by atoms with Gasteiger partial charge >= 0.3 is 0 Å². The zero-order chi connectivity index (χ0) is 10.6. The van der Waals surface area contributed by atoms with Crippen molar-refractivity contribution in [1.29, 1.82) is 0 Å². The summed E-state index contributed by atoms with van der Waals surface area (Å²) in [6.45, 7) is 4.86. The minimum atomic E-state index is -0.194. The lowest BCUT2D eigenvalue weighted by Crippen LogP contribution is -2.29. The third-order valence-corrected chi connectivity index (χ3v) is 2.76. The monoisotopic (exact) mass is 193 g/mol. The van der Waals surface area contributed by atoms with E-state index in [0.717, 1.165) is 6.42 Å². The van der Waals surface area contributed by atoms with Crippen molar-refractivity contribution in [3.8, 4) is 0 Å². The van der Waals surface area contributed by atoms with Gasteiger partial charge in [0.05, 0.1) is 6.61 Å². The Balaban J connectivity index is 2.99. The molecule has 0 bridgehead atoms. The van der Waals surface area contributed by atoms with E-state index in [1.807, 2.05) is 6.07 Å². The van der Waals surface area contributed by atoms with Crippen molar-refractivity contribution < 1.29 is 5.11 Å². The number of aliphatic hydroxyl groups is 1. The van der Waals surface area contributed by atoms with Gasteiger partial charge in [0.25, 0.3) is 0 Å². The Kier molecular flexibility index (Phi) is 3.67. The van der Waals surface area contributed by atoms with Gasteiger partial charge in [0.1, 0.15) is 0 Å². The highest BCUT2D eigenvalue weighted by atomic mass is 16.3. The van der Waals surface area contributed by atoms with Crippen molar-refractivity contribution in [2.24, 2.45) is 5.73 Å². The molecule has 78 valence electrons. The molecule has 0 spiro atoms. The van der Waals surface area contributed by atoms with Gasteiger partial charge in [-0.15, -0.1) is 0 Å². The molecule has 1 rings (SSSR count). The van der Waals surface area contributed by atoms with Gasteiger partial charge in [-0.1, -0.05) is 36.8 Å². The average molecular weight is 193 g/mol. The van der Waals surface area contributed by atoms with Crippen molar-refractivity contribution in [2.45, 2.75) is 25.7 Å². The molecule has 1 unspecified atom stereocenters. The van der Waals surface area contributed by atoms with Crippen molar-refractivity contribution in [3.63, 3.8) is 0 Å². The van der Waals surface area contributed by atoms with Crippen LogP contribution in [0, 0.1) is 6.92 Å². The molecule has 0 amide bonds. The van der Waals surface area contributed by atoms with Crippen LogP contribution in [0.2, 0.25) is 0 Å². The van der Waals surface area contributed by atoms with Crippen LogP contribution in [0.15, 0.2) is 24.3 Å². The van der Waals surface area contributed by atoms with E-state index >= 15 is 0 Å². The fraction of sp³-hybridized carbons (Fsp3) is 0.500. The smallest absolute Gasteiger partial charge is 0.0525 e. The third kappa shape index (κ3) is 2.34. The molecule has 1 aromatic rings. The Morgan fingerprint density at radius 3 is 2.64 bits per heavy atom. The van der Waals surface area contributed by atoms with Crippen molar-refractivity contribution >= 4 is 0 Å². The number of aryl methyl sites for hydroxylation is 1. The summed E-state index contributed by atoms with van der Waals surface area (Å²) in [6.07, 6.45) is 0.812. The van der Waals surface area contributed by atoms with E-state index in [1.54, 1.807) is 0 Å². The molecule has 0 saturated carbocycles. The fourth-order valence-electron chi connectivity index (χ4n) is 1.65. The zero-order valence-electron chi connectivity index (χ0n) is 8.96. The first-order valence-corrected chi connectivity index (χ1v) is 5.00. The molecule has 0 radical (unpaired) electrons. The van der Waals surface area contributed by atoms with Gasteiger partial charge in [0.15, 0.2) is 0 Å². The molecule has 14 heavy (non-hydrogen) atoms. The average Bonchev–Trinajstić information content (AvgIpc) is 2.18. The maximum absolute atomic E-state index is 9.41. The van der Waals surface area contributed by atoms with Gasteiger partial charge in [-0.25, -0.2) is 0 Å². The van der Waals surface area contributed by atoms with Gasteiger partial charge in [-0.3, -0.25) is 0 Å². The largest absolute Gasteiger partial charge is 0.395 e. The quantitative estimate of drug-likeness (QED) is 0.763. The Morgan fingerprint density at radius 2 is 2.14 bits per heavy atom. The van der Waals surface area contributed by atoms with E-state index in [1.165, 1.54) is 11.1 Å². The molecule has 0 aromatic heterocycles. The number of aliphatic hydroxyl groups excluding tert-OH is 1. The van der Waals surface area contributed by atoms with Gasteiger partial charge < -0.3 is 10.8 Å². The van der Waals surface area contributed by atoms with Crippen LogP contribution in [0.4, 0.5) is 0 Å². The van der Waals surface area contributed by atoms with E-state index in [2.05, 4.69) is 32.0 Å². The topological polar surface area (TPSA) is 46.2 Å². The number of hydrogen-bond donors (Lipinski definition) is 2. The molecule has 0 fully saturated rings. The van der Waals surface area contributed by atoms with E-state index in [-0.39, 0.29) is 12.0 Å². The molecule has 0 aliphatic carbocycles. The normalized spacial score (nSPS) is 15.1. The molecule has 2 heteroatoms. The van der Waals surface area contributed by atoms with E-state index in [4.69, 9.17) is 5.73 Å². The molecule has 2 nitrogen and oxygen atoms in total. The fourth-order valence-corrected chi connectivity index (χ4v) is 1.65. The maximum Gasteiger partial charge on any atom is 0.0525 e. The first kappa shape index (κ1) is 11.2. The summed E-state index contributed by atoms with van der Waals surface area (Å²) in [5, 5.41) is 9.41. The first-order valence-electron chi connectivity index (χ1n) is 5.00. The van der Waals surface area contributed by atoms with E-state index in [0.29, 0.717) is 6.54 Å². The Labute approximate surface area is 85.8 Å². The van der Waals surface area contributed by atoms with Crippen LogP contribution in [0.5, 0.6) is 0 Å². The molecule has 0 heterocycles. The molecule has 3 N–H and O–H groups in total. The standard InChI is InChI=1S/C12H19NO/c1-10-4-3-5-11(8-10)12(2,9-14)6-7-13/h3-5,8,14H,6-7,9,13H2,1-2H3. The first-order chi connectivity index (χ1) is 6.62. The number of hydrogen-bond acceptors (Lipinski definition) is 2.